The van der Waals surface area contributed by atoms with Gasteiger partial charge in [0.2, 0.25) is 11.8 Å². The van der Waals surface area contributed by atoms with Crippen molar-refractivity contribution in [3.63, 3.8) is 0 Å². The number of anilines is 1. The van der Waals surface area contributed by atoms with Gasteiger partial charge in [-0.3, -0.25) is 14.5 Å². The molecule has 0 radical (unpaired) electrons. The third-order valence-corrected chi connectivity index (χ3v) is 6.41. The van der Waals surface area contributed by atoms with Gasteiger partial charge in [-0.25, -0.2) is 0 Å². The predicted octanol–water partition coefficient (Wildman–Crippen LogP) is 5.08. The molecule has 1 aliphatic carbocycles. The third kappa shape index (κ3) is 3.74. The lowest BCUT2D eigenvalue weighted by molar-refractivity contribution is -0.136. The Morgan fingerprint density at radius 2 is 1.84 bits per heavy atom. The van der Waals surface area contributed by atoms with Gasteiger partial charge in [-0.05, 0) is 55.7 Å². The Bertz CT molecular complexity index is 1100. The van der Waals surface area contributed by atoms with Crippen LogP contribution in [0.15, 0.2) is 65.4 Å². The van der Waals surface area contributed by atoms with Crippen LogP contribution in [0, 0.1) is 0 Å². The Kier molecular flexibility index (Phi) is 5.60. The van der Waals surface area contributed by atoms with Gasteiger partial charge in [0.25, 0.3) is 0 Å². The molecule has 1 unspecified atom stereocenters. The number of fused-ring (bicyclic) bond motifs is 3. The minimum absolute atomic E-state index is 0.0814. The normalized spacial score (nSPS) is 17.0. The molecule has 32 heavy (non-hydrogen) atoms. The van der Waals surface area contributed by atoms with Crippen LogP contribution in [0.1, 0.15) is 62.9 Å². The molecular formula is C26H29N3O3. The van der Waals surface area contributed by atoms with E-state index in [1.54, 1.807) is 6.26 Å². The van der Waals surface area contributed by atoms with Crippen molar-refractivity contribution in [3.8, 4) is 5.69 Å². The standard InChI is InChI=1S/C26H29N3O3/c1-2-3-4-13-24(30)28(19-14-15-19)18-25(31)29-21-10-6-5-9-20(21)27-16-7-11-22(27)26(29)23-12-8-17-32-23/h5-12,16-17,19,26H,2-4,13-15,18H2,1H3. The van der Waals surface area contributed by atoms with Gasteiger partial charge in [0.1, 0.15) is 18.3 Å². The van der Waals surface area contributed by atoms with Crippen LogP contribution in [-0.2, 0) is 9.59 Å². The first-order chi connectivity index (χ1) is 15.7. The number of furan rings is 1. The van der Waals surface area contributed by atoms with Crippen LogP contribution in [0.25, 0.3) is 5.69 Å². The third-order valence-electron chi connectivity index (χ3n) is 6.41. The molecule has 3 aromatic rings. The van der Waals surface area contributed by atoms with Gasteiger partial charge in [0.15, 0.2) is 0 Å². The second kappa shape index (κ2) is 8.69. The molecule has 3 heterocycles. The van der Waals surface area contributed by atoms with Crippen molar-refractivity contribution in [1.29, 1.82) is 0 Å². The van der Waals surface area contributed by atoms with Crippen molar-refractivity contribution in [2.75, 3.05) is 11.4 Å². The molecule has 1 aliphatic heterocycles. The minimum atomic E-state index is -0.376. The minimum Gasteiger partial charge on any atom is -0.467 e. The maximum atomic E-state index is 13.9. The Hall–Kier alpha value is -3.28. The predicted molar refractivity (Wildman–Crippen MR) is 123 cm³/mol. The van der Waals surface area contributed by atoms with Crippen molar-refractivity contribution >= 4 is 17.5 Å². The smallest absolute Gasteiger partial charge is 0.247 e. The number of hydrogen-bond donors (Lipinski definition) is 0. The van der Waals surface area contributed by atoms with E-state index in [0.29, 0.717) is 12.2 Å². The summed E-state index contributed by atoms with van der Waals surface area (Å²) in [5, 5.41) is 0. The summed E-state index contributed by atoms with van der Waals surface area (Å²) in [6.45, 7) is 2.23. The molecule has 2 amide bonds. The molecule has 2 aromatic heterocycles. The molecule has 1 fully saturated rings. The number of rotatable bonds is 8. The van der Waals surface area contributed by atoms with Gasteiger partial charge in [-0.1, -0.05) is 31.9 Å². The van der Waals surface area contributed by atoms with Crippen LogP contribution >= 0.6 is 0 Å². The Balaban J connectivity index is 1.49. The summed E-state index contributed by atoms with van der Waals surface area (Å²) in [5.74, 6) is 0.722. The quantitative estimate of drug-likeness (QED) is 0.468. The summed E-state index contributed by atoms with van der Waals surface area (Å²) >= 11 is 0. The molecule has 0 bridgehead atoms. The lowest BCUT2D eigenvalue weighted by atomic mass is 10.0. The molecule has 1 saturated carbocycles. The monoisotopic (exact) mass is 431 g/mol. The molecule has 1 aromatic carbocycles. The van der Waals surface area contributed by atoms with E-state index in [0.717, 1.165) is 49.2 Å². The van der Waals surface area contributed by atoms with Crippen molar-refractivity contribution in [3.05, 3.63) is 72.4 Å². The highest BCUT2D eigenvalue weighted by atomic mass is 16.3. The highest BCUT2D eigenvalue weighted by Gasteiger charge is 2.40. The first-order valence-corrected chi connectivity index (χ1v) is 11.6. The second-order valence-electron chi connectivity index (χ2n) is 8.68. The van der Waals surface area contributed by atoms with Gasteiger partial charge in [-0.15, -0.1) is 0 Å². The fourth-order valence-electron chi connectivity index (χ4n) is 4.68. The van der Waals surface area contributed by atoms with E-state index in [2.05, 4.69) is 11.5 Å². The van der Waals surface area contributed by atoms with Gasteiger partial charge in [0.05, 0.1) is 23.3 Å². The molecule has 0 N–H and O–H groups in total. The second-order valence-corrected chi connectivity index (χ2v) is 8.68. The first-order valence-electron chi connectivity index (χ1n) is 11.6. The number of carbonyl (C=O) groups excluding carboxylic acids is 2. The number of amides is 2. The number of benzene rings is 1. The van der Waals surface area contributed by atoms with Crippen molar-refractivity contribution in [2.24, 2.45) is 0 Å². The molecular weight excluding hydrogens is 402 g/mol. The van der Waals surface area contributed by atoms with Crippen LogP contribution in [-0.4, -0.2) is 33.9 Å². The summed E-state index contributed by atoms with van der Waals surface area (Å²) in [7, 11) is 0. The van der Waals surface area contributed by atoms with Gasteiger partial charge < -0.3 is 13.9 Å². The Morgan fingerprint density at radius 3 is 2.56 bits per heavy atom. The zero-order valence-corrected chi connectivity index (χ0v) is 18.4. The Labute approximate surface area is 188 Å². The van der Waals surface area contributed by atoms with Crippen molar-refractivity contribution < 1.29 is 14.0 Å². The molecule has 2 aliphatic rings. The zero-order chi connectivity index (χ0) is 22.1. The van der Waals surface area contributed by atoms with Crippen LogP contribution < -0.4 is 4.90 Å². The van der Waals surface area contributed by atoms with E-state index in [9.17, 15) is 9.59 Å². The molecule has 0 saturated heterocycles. The average molecular weight is 432 g/mol. The van der Waals surface area contributed by atoms with E-state index in [1.807, 2.05) is 64.5 Å². The topological polar surface area (TPSA) is 58.7 Å². The number of para-hydroxylation sites is 2. The van der Waals surface area contributed by atoms with Crippen LogP contribution in [0.5, 0.6) is 0 Å². The summed E-state index contributed by atoms with van der Waals surface area (Å²) in [6.07, 6.45) is 9.11. The Morgan fingerprint density at radius 1 is 1.03 bits per heavy atom. The van der Waals surface area contributed by atoms with E-state index < -0.39 is 0 Å². The lowest BCUT2D eigenvalue weighted by Crippen LogP contribution is -2.47. The molecule has 6 heteroatoms. The van der Waals surface area contributed by atoms with Gasteiger partial charge in [-0.2, -0.15) is 0 Å². The number of unbranched alkanes of at least 4 members (excludes halogenated alkanes) is 2. The van der Waals surface area contributed by atoms with Gasteiger partial charge >= 0.3 is 0 Å². The molecule has 1 atom stereocenters. The van der Waals surface area contributed by atoms with Crippen molar-refractivity contribution in [1.82, 2.24) is 9.47 Å². The van der Waals surface area contributed by atoms with Crippen LogP contribution in [0.2, 0.25) is 0 Å². The van der Waals surface area contributed by atoms with Crippen LogP contribution in [0.4, 0.5) is 5.69 Å². The van der Waals surface area contributed by atoms with E-state index >= 15 is 0 Å². The SMILES string of the molecule is CCCCCC(=O)N(CC(=O)N1c2ccccc2-n2cccc2C1c1ccco1)C1CC1. The van der Waals surface area contributed by atoms with Crippen LogP contribution in [0.3, 0.4) is 0 Å². The largest absolute Gasteiger partial charge is 0.467 e. The molecule has 6 nitrogen and oxygen atoms in total. The maximum absolute atomic E-state index is 13.9. The summed E-state index contributed by atoms with van der Waals surface area (Å²) in [5.41, 5.74) is 2.76. The molecule has 5 rings (SSSR count). The number of hydrogen-bond acceptors (Lipinski definition) is 3. The number of nitrogens with zero attached hydrogens (tertiary/aromatic N) is 3. The fourth-order valence-corrected chi connectivity index (χ4v) is 4.68. The molecule has 0 spiro atoms. The lowest BCUT2D eigenvalue weighted by Gasteiger charge is -2.38. The fraction of sp³-hybridized carbons (Fsp3) is 0.385. The van der Waals surface area contributed by atoms with E-state index in [4.69, 9.17) is 4.42 Å². The van der Waals surface area contributed by atoms with Crippen molar-refractivity contribution in [2.45, 2.75) is 57.5 Å². The maximum Gasteiger partial charge on any atom is 0.247 e. The first kappa shape index (κ1) is 20.6. The zero-order valence-electron chi connectivity index (χ0n) is 18.4. The average Bonchev–Trinajstić information content (AvgIpc) is 3.28. The number of aromatic nitrogens is 1. The summed E-state index contributed by atoms with van der Waals surface area (Å²) in [6, 6.07) is 15.5. The number of carbonyl (C=O) groups is 2. The van der Waals surface area contributed by atoms with Gasteiger partial charge in [0, 0.05) is 18.7 Å². The summed E-state index contributed by atoms with van der Waals surface area (Å²) < 4.78 is 7.90. The highest BCUT2D eigenvalue weighted by molar-refractivity contribution is 6.00. The summed E-state index contributed by atoms with van der Waals surface area (Å²) in [4.78, 5) is 30.5. The van der Waals surface area contributed by atoms with E-state index in [1.165, 1.54) is 0 Å². The highest BCUT2D eigenvalue weighted by Crippen LogP contribution is 2.42. The van der Waals surface area contributed by atoms with E-state index in [-0.39, 0.29) is 30.4 Å². The molecule has 166 valence electrons.